The molecule has 0 saturated carbocycles. The van der Waals surface area contributed by atoms with E-state index in [0.717, 1.165) is 11.1 Å². The topological polar surface area (TPSA) is 46.5 Å². The van der Waals surface area contributed by atoms with Crippen molar-refractivity contribution in [1.82, 2.24) is 0 Å². The van der Waals surface area contributed by atoms with Crippen LogP contribution in [0, 0.1) is 0 Å². The molecular formula is C14H20O3. The molecule has 1 unspecified atom stereocenters. The van der Waals surface area contributed by atoms with E-state index in [2.05, 4.69) is 0 Å². The third-order valence-corrected chi connectivity index (χ3v) is 2.73. The van der Waals surface area contributed by atoms with E-state index in [9.17, 15) is 4.79 Å². The maximum Gasteiger partial charge on any atom is 0.306 e. The Labute approximate surface area is 102 Å². The molecule has 94 valence electrons. The Hall–Kier alpha value is -1.35. The van der Waals surface area contributed by atoms with Crippen LogP contribution in [0.2, 0.25) is 0 Å². The van der Waals surface area contributed by atoms with Gasteiger partial charge < -0.3 is 9.84 Å². The fourth-order valence-electron chi connectivity index (χ4n) is 1.73. The van der Waals surface area contributed by atoms with Crippen LogP contribution in [-0.4, -0.2) is 24.3 Å². The summed E-state index contributed by atoms with van der Waals surface area (Å²) in [5.74, 6) is 0.0108. The molecule has 0 spiro atoms. The average Bonchev–Trinajstić information content (AvgIpc) is 2.30. The average molecular weight is 236 g/mol. The number of aliphatic hydroxyl groups is 1. The first-order chi connectivity index (χ1) is 8.17. The zero-order valence-corrected chi connectivity index (χ0v) is 10.5. The van der Waals surface area contributed by atoms with Crippen LogP contribution in [0.1, 0.15) is 37.3 Å². The van der Waals surface area contributed by atoms with E-state index in [4.69, 9.17) is 9.84 Å². The highest BCUT2D eigenvalue weighted by Gasteiger charge is 2.11. The molecular weight excluding hydrogens is 216 g/mol. The van der Waals surface area contributed by atoms with Gasteiger partial charge in [0.05, 0.1) is 13.0 Å². The molecule has 17 heavy (non-hydrogen) atoms. The van der Waals surface area contributed by atoms with E-state index in [-0.39, 0.29) is 18.5 Å². The van der Waals surface area contributed by atoms with Crippen molar-refractivity contribution in [3.63, 3.8) is 0 Å². The first kappa shape index (κ1) is 13.7. The van der Waals surface area contributed by atoms with Gasteiger partial charge in [-0.05, 0) is 30.4 Å². The smallest absolute Gasteiger partial charge is 0.306 e. The molecule has 0 aromatic heterocycles. The third kappa shape index (κ3) is 4.57. The molecule has 0 fully saturated rings. The minimum atomic E-state index is -0.153. The number of benzene rings is 1. The van der Waals surface area contributed by atoms with Gasteiger partial charge in [-0.15, -0.1) is 0 Å². The molecule has 0 aliphatic carbocycles. The summed E-state index contributed by atoms with van der Waals surface area (Å²) >= 11 is 0. The Morgan fingerprint density at radius 2 is 2.00 bits per heavy atom. The maximum atomic E-state index is 11.3. The van der Waals surface area contributed by atoms with Crippen molar-refractivity contribution in [2.75, 3.05) is 13.2 Å². The van der Waals surface area contributed by atoms with Crippen LogP contribution in [0.4, 0.5) is 0 Å². The SMILES string of the molecule is CCOC(=O)CC(C)c1ccc(CCO)cc1. The van der Waals surface area contributed by atoms with Gasteiger partial charge in [0.25, 0.3) is 0 Å². The van der Waals surface area contributed by atoms with Crippen molar-refractivity contribution < 1.29 is 14.6 Å². The van der Waals surface area contributed by atoms with Crippen molar-refractivity contribution in [2.45, 2.75) is 32.6 Å². The van der Waals surface area contributed by atoms with E-state index < -0.39 is 0 Å². The van der Waals surface area contributed by atoms with Gasteiger partial charge in [0.1, 0.15) is 0 Å². The summed E-state index contributed by atoms with van der Waals surface area (Å²) in [6, 6.07) is 8.00. The van der Waals surface area contributed by atoms with Gasteiger partial charge in [-0.25, -0.2) is 0 Å². The van der Waals surface area contributed by atoms with E-state index in [1.165, 1.54) is 0 Å². The van der Waals surface area contributed by atoms with Crippen molar-refractivity contribution in [3.05, 3.63) is 35.4 Å². The highest BCUT2D eigenvalue weighted by atomic mass is 16.5. The second kappa shape index (κ2) is 7.07. The van der Waals surface area contributed by atoms with E-state index >= 15 is 0 Å². The monoisotopic (exact) mass is 236 g/mol. The minimum Gasteiger partial charge on any atom is -0.466 e. The summed E-state index contributed by atoms with van der Waals surface area (Å²) in [6.07, 6.45) is 1.08. The lowest BCUT2D eigenvalue weighted by molar-refractivity contribution is -0.143. The minimum absolute atomic E-state index is 0.153. The fourth-order valence-corrected chi connectivity index (χ4v) is 1.73. The molecule has 0 aliphatic heterocycles. The number of hydrogen-bond acceptors (Lipinski definition) is 3. The quantitative estimate of drug-likeness (QED) is 0.771. The predicted octanol–water partition coefficient (Wildman–Crippen LogP) is 2.28. The Morgan fingerprint density at radius 3 is 2.53 bits per heavy atom. The first-order valence-electron chi connectivity index (χ1n) is 6.02. The van der Waals surface area contributed by atoms with Gasteiger partial charge in [-0.1, -0.05) is 31.2 Å². The number of ether oxygens (including phenoxy) is 1. The van der Waals surface area contributed by atoms with Gasteiger partial charge in [0.15, 0.2) is 0 Å². The normalized spacial score (nSPS) is 12.2. The Kier molecular flexibility index (Phi) is 5.70. The lowest BCUT2D eigenvalue weighted by Gasteiger charge is -2.11. The molecule has 3 heteroatoms. The number of rotatable bonds is 6. The fraction of sp³-hybridized carbons (Fsp3) is 0.500. The predicted molar refractivity (Wildman–Crippen MR) is 66.9 cm³/mol. The summed E-state index contributed by atoms with van der Waals surface area (Å²) in [5, 5.41) is 8.81. The van der Waals surface area contributed by atoms with Crippen molar-refractivity contribution in [3.8, 4) is 0 Å². The molecule has 1 rings (SSSR count). The Bertz CT molecular complexity index is 343. The second-order valence-corrected chi connectivity index (χ2v) is 4.13. The van der Waals surface area contributed by atoms with Crippen LogP contribution in [0.25, 0.3) is 0 Å². The first-order valence-corrected chi connectivity index (χ1v) is 6.02. The van der Waals surface area contributed by atoms with E-state index in [1.807, 2.05) is 38.1 Å². The van der Waals surface area contributed by atoms with Crippen LogP contribution in [-0.2, 0) is 16.0 Å². The van der Waals surface area contributed by atoms with Crippen LogP contribution >= 0.6 is 0 Å². The van der Waals surface area contributed by atoms with Gasteiger partial charge in [-0.2, -0.15) is 0 Å². The molecule has 0 bridgehead atoms. The molecule has 1 atom stereocenters. The van der Waals surface area contributed by atoms with Gasteiger partial charge >= 0.3 is 5.97 Å². The van der Waals surface area contributed by atoms with Gasteiger partial charge in [-0.3, -0.25) is 4.79 Å². The molecule has 0 heterocycles. The number of esters is 1. The number of aliphatic hydroxyl groups excluding tert-OH is 1. The number of hydrogen-bond donors (Lipinski definition) is 1. The van der Waals surface area contributed by atoms with Crippen LogP contribution < -0.4 is 0 Å². The second-order valence-electron chi connectivity index (χ2n) is 4.13. The molecule has 1 aromatic rings. The summed E-state index contributed by atoms with van der Waals surface area (Å²) in [5.41, 5.74) is 2.24. The van der Waals surface area contributed by atoms with Crippen LogP contribution in [0.3, 0.4) is 0 Å². The number of carbonyl (C=O) groups excluding carboxylic acids is 1. The van der Waals surface area contributed by atoms with Crippen LogP contribution in [0.15, 0.2) is 24.3 Å². The standard InChI is InChI=1S/C14H20O3/c1-3-17-14(16)10-11(2)13-6-4-12(5-7-13)8-9-15/h4-7,11,15H,3,8-10H2,1-2H3. The molecule has 0 radical (unpaired) electrons. The summed E-state index contributed by atoms with van der Waals surface area (Å²) in [7, 11) is 0. The maximum absolute atomic E-state index is 11.3. The largest absolute Gasteiger partial charge is 0.466 e. The highest BCUT2D eigenvalue weighted by molar-refractivity contribution is 5.70. The van der Waals surface area contributed by atoms with Crippen LogP contribution in [0.5, 0.6) is 0 Å². The molecule has 0 aliphatic rings. The molecule has 3 nitrogen and oxygen atoms in total. The zero-order chi connectivity index (χ0) is 12.7. The summed E-state index contributed by atoms with van der Waals surface area (Å²) < 4.78 is 4.92. The zero-order valence-electron chi connectivity index (χ0n) is 10.5. The van der Waals surface area contributed by atoms with E-state index in [1.54, 1.807) is 0 Å². The highest BCUT2D eigenvalue weighted by Crippen LogP contribution is 2.20. The van der Waals surface area contributed by atoms with Gasteiger partial charge in [0, 0.05) is 6.61 Å². The van der Waals surface area contributed by atoms with Crippen molar-refractivity contribution in [1.29, 1.82) is 0 Å². The summed E-state index contributed by atoms with van der Waals surface area (Å²) in [4.78, 5) is 11.3. The molecule has 1 aromatic carbocycles. The molecule has 0 saturated heterocycles. The molecule has 0 amide bonds. The molecule has 1 N–H and O–H groups in total. The Balaban J connectivity index is 2.56. The van der Waals surface area contributed by atoms with Gasteiger partial charge in [0.2, 0.25) is 0 Å². The lowest BCUT2D eigenvalue weighted by atomic mass is 9.96. The lowest BCUT2D eigenvalue weighted by Crippen LogP contribution is -2.08. The third-order valence-electron chi connectivity index (χ3n) is 2.73. The van der Waals surface area contributed by atoms with Crippen molar-refractivity contribution >= 4 is 5.97 Å². The van der Waals surface area contributed by atoms with E-state index in [0.29, 0.717) is 19.4 Å². The Morgan fingerprint density at radius 1 is 1.35 bits per heavy atom. The number of carbonyl (C=O) groups is 1. The summed E-state index contributed by atoms with van der Waals surface area (Å²) in [6.45, 7) is 4.42. The van der Waals surface area contributed by atoms with Crippen molar-refractivity contribution in [2.24, 2.45) is 0 Å².